The molecule has 0 fully saturated rings. The van der Waals surface area contributed by atoms with Crippen molar-refractivity contribution in [1.82, 2.24) is 14.5 Å². The van der Waals surface area contributed by atoms with Crippen molar-refractivity contribution in [1.29, 1.82) is 0 Å². The number of para-hydroxylation sites is 2. The minimum Gasteiger partial charge on any atom is -0.279 e. The standard InChI is InChI=1S/C21H19N3OS/c1-13-12-14(2)23-21(22-13)26-15(3)20(25)24-18-10-6-4-8-16(18)17-9-5-7-11-19(17)24/h4-12,15H,1-3H3/t15-/m1/s1. The zero-order valence-electron chi connectivity index (χ0n) is 14.9. The molecule has 1 atom stereocenters. The van der Waals surface area contributed by atoms with Crippen LogP contribution in [0.3, 0.4) is 0 Å². The lowest BCUT2D eigenvalue weighted by Gasteiger charge is -2.12. The molecule has 0 N–H and O–H groups in total. The van der Waals surface area contributed by atoms with Crippen molar-refractivity contribution >= 4 is 39.5 Å². The lowest BCUT2D eigenvalue weighted by Crippen LogP contribution is -2.21. The molecule has 130 valence electrons. The highest BCUT2D eigenvalue weighted by atomic mass is 32.2. The number of carbonyl (C=O) groups is 1. The van der Waals surface area contributed by atoms with Crippen LogP contribution in [0.2, 0.25) is 0 Å². The molecule has 2 aromatic heterocycles. The monoisotopic (exact) mass is 361 g/mol. The summed E-state index contributed by atoms with van der Waals surface area (Å²) in [6, 6.07) is 18.0. The second kappa shape index (κ2) is 6.57. The summed E-state index contributed by atoms with van der Waals surface area (Å²) in [4.78, 5) is 22.2. The number of fused-ring (bicyclic) bond motifs is 3. The fourth-order valence-electron chi connectivity index (χ4n) is 3.30. The van der Waals surface area contributed by atoms with Crippen LogP contribution in [-0.4, -0.2) is 25.7 Å². The summed E-state index contributed by atoms with van der Waals surface area (Å²) in [5.74, 6) is 0.0372. The number of rotatable bonds is 3. The van der Waals surface area contributed by atoms with E-state index in [1.807, 2.05) is 67.8 Å². The van der Waals surface area contributed by atoms with E-state index in [1.54, 1.807) is 0 Å². The van der Waals surface area contributed by atoms with E-state index < -0.39 is 0 Å². The fraction of sp³-hybridized carbons (Fsp3) is 0.190. The molecule has 26 heavy (non-hydrogen) atoms. The van der Waals surface area contributed by atoms with Crippen LogP contribution in [0, 0.1) is 13.8 Å². The quantitative estimate of drug-likeness (QED) is 0.380. The maximum Gasteiger partial charge on any atom is 0.244 e. The lowest BCUT2D eigenvalue weighted by atomic mass is 10.2. The lowest BCUT2D eigenvalue weighted by molar-refractivity contribution is 0.0925. The summed E-state index contributed by atoms with van der Waals surface area (Å²) in [6.45, 7) is 5.80. The van der Waals surface area contributed by atoms with Gasteiger partial charge in [-0.1, -0.05) is 48.2 Å². The van der Waals surface area contributed by atoms with Gasteiger partial charge in [0.1, 0.15) is 0 Å². The number of hydrogen-bond acceptors (Lipinski definition) is 4. The first kappa shape index (κ1) is 16.8. The highest BCUT2D eigenvalue weighted by Crippen LogP contribution is 2.31. The summed E-state index contributed by atoms with van der Waals surface area (Å²) >= 11 is 1.40. The Morgan fingerprint density at radius 2 is 1.42 bits per heavy atom. The average Bonchev–Trinajstić information content (AvgIpc) is 2.94. The predicted molar refractivity (Wildman–Crippen MR) is 107 cm³/mol. The third-order valence-electron chi connectivity index (χ3n) is 4.39. The molecule has 4 rings (SSSR count). The Balaban J connectivity index is 1.77. The highest BCUT2D eigenvalue weighted by molar-refractivity contribution is 8.00. The number of nitrogens with zero attached hydrogens (tertiary/aromatic N) is 3. The predicted octanol–water partition coefficient (Wildman–Crippen LogP) is 5.02. The van der Waals surface area contributed by atoms with E-state index in [0.717, 1.165) is 33.2 Å². The van der Waals surface area contributed by atoms with Gasteiger partial charge in [0.25, 0.3) is 0 Å². The molecule has 0 radical (unpaired) electrons. The van der Waals surface area contributed by atoms with E-state index in [4.69, 9.17) is 0 Å². The van der Waals surface area contributed by atoms with Crippen LogP contribution >= 0.6 is 11.8 Å². The Morgan fingerprint density at radius 3 is 1.96 bits per heavy atom. The molecule has 0 spiro atoms. The Kier molecular flexibility index (Phi) is 4.24. The van der Waals surface area contributed by atoms with E-state index in [0.29, 0.717) is 5.16 Å². The molecule has 0 amide bonds. The van der Waals surface area contributed by atoms with E-state index in [-0.39, 0.29) is 11.2 Å². The second-order valence-corrected chi connectivity index (χ2v) is 7.71. The van der Waals surface area contributed by atoms with Gasteiger partial charge in [-0.2, -0.15) is 0 Å². The normalized spacial score (nSPS) is 12.6. The van der Waals surface area contributed by atoms with Crippen LogP contribution in [0.5, 0.6) is 0 Å². The fourth-order valence-corrected chi connectivity index (χ4v) is 4.21. The molecule has 5 heteroatoms. The molecule has 2 aromatic carbocycles. The number of carbonyl (C=O) groups excluding carboxylic acids is 1. The summed E-state index contributed by atoms with van der Waals surface area (Å²) in [5.41, 5.74) is 3.70. The van der Waals surface area contributed by atoms with Crippen molar-refractivity contribution in [2.45, 2.75) is 31.2 Å². The topological polar surface area (TPSA) is 47.8 Å². The van der Waals surface area contributed by atoms with Crippen LogP contribution in [0.4, 0.5) is 0 Å². The van der Waals surface area contributed by atoms with Crippen molar-refractivity contribution < 1.29 is 4.79 Å². The minimum atomic E-state index is -0.296. The second-order valence-electron chi connectivity index (χ2n) is 6.40. The van der Waals surface area contributed by atoms with Gasteiger partial charge in [0.05, 0.1) is 16.3 Å². The van der Waals surface area contributed by atoms with Gasteiger partial charge in [-0.25, -0.2) is 9.97 Å². The minimum absolute atomic E-state index is 0.0372. The van der Waals surface area contributed by atoms with Gasteiger partial charge in [-0.15, -0.1) is 0 Å². The van der Waals surface area contributed by atoms with Crippen LogP contribution < -0.4 is 0 Å². The summed E-state index contributed by atoms with van der Waals surface area (Å²) in [6.07, 6.45) is 0. The van der Waals surface area contributed by atoms with Crippen LogP contribution in [0.15, 0.2) is 59.8 Å². The Bertz CT molecular complexity index is 1060. The smallest absolute Gasteiger partial charge is 0.244 e. The first-order valence-electron chi connectivity index (χ1n) is 8.56. The Labute approximate surface area is 156 Å². The zero-order valence-corrected chi connectivity index (χ0v) is 15.7. The first-order chi connectivity index (χ1) is 12.5. The van der Waals surface area contributed by atoms with Gasteiger partial charge in [0.2, 0.25) is 5.91 Å². The third kappa shape index (κ3) is 2.88. The Hall–Kier alpha value is -2.66. The maximum absolute atomic E-state index is 13.3. The van der Waals surface area contributed by atoms with Gasteiger partial charge in [0.15, 0.2) is 5.16 Å². The summed E-state index contributed by atoms with van der Waals surface area (Å²) in [5, 5.41) is 2.53. The maximum atomic E-state index is 13.3. The van der Waals surface area contributed by atoms with Gasteiger partial charge in [-0.05, 0) is 39.0 Å². The van der Waals surface area contributed by atoms with E-state index in [2.05, 4.69) is 22.1 Å². The van der Waals surface area contributed by atoms with E-state index in [1.165, 1.54) is 11.8 Å². The average molecular weight is 361 g/mol. The SMILES string of the molecule is Cc1cc(C)nc(S[C@H](C)C(=O)n2c3ccccc3c3ccccc32)n1. The molecular formula is C21H19N3OS. The molecule has 0 aliphatic carbocycles. The van der Waals surface area contributed by atoms with Crippen LogP contribution in [0.25, 0.3) is 21.8 Å². The zero-order chi connectivity index (χ0) is 18.3. The number of thioether (sulfide) groups is 1. The molecule has 0 saturated heterocycles. The molecule has 0 aliphatic heterocycles. The number of hydrogen-bond donors (Lipinski definition) is 0. The van der Waals surface area contributed by atoms with Crippen LogP contribution in [0.1, 0.15) is 23.1 Å². The van der Waals surface area contributed by atoms with E-state index in [9.17, 15) is 4.79 Å². The van der Waals surface area contributed by atoms with Crippen molar-refractivity contribution in [2.24, 2.45) is 0 Å². The summed E-state index contributed by atoms with van der Waals surface area (Å²) < 4.78 is 1.82. The van der Waals surface area contributed by atoms with Crippen molar-refractivity contribution in [2.75, 3.05) is 0 Å². The van der Waals surface area contributed by atoms with Gasteiger partial charge >= 0.3 is 0 Å². The van der Waals surface area contributed by atoms with Crippen molar-refractivity contribution in [3.63, 3.8) is 0 Å². The van der Waals surface area contributed by atoms with Crippen LogP contribution in [-0.2, 0) is 0 Å². The molecule has 0 saturated carbocycles. The van der Waals surface area contributed by atoms with Gasteiger partial charge in [0, 0.05) is 22.2 Å². The molecule has 4 aromatic rings. The molecular weight excluding hydrogens is 342 g/mol. The molecule has 0 bridgehead atoms. The third-order valence-corrected chi connectivity index (χ3v) is 5.34. The molecule has 0 unspecified atom stereocenters. The molecule has 0 aliphatic rings. The summed E-state index contributed by atoms with van der Waals surface area (Å²) in [7, 11) is 0. The van der Waals surface area contributed by atoms with E-state index >= 15 is 0 Å². The van der Waals surface area contributed by atoms with Gasteiger partial charge in [-0.3, -0.25) is 9.36 Å². The number of benzene rings is 2. The molecule has 2 heterocycles. The Morgan fingerprint density at radius 1 is 0.923 bits per heavy atom. The molecule has 4 nitrogen and oxygen atoms in total. The largest absolute Gasteiger partial charge is 0.279 e. The van der Waals surface area contributed by atoms with Crippen molar-refractivity contribution in [3.8, 4) is 0 Å². The first-order valence-corrected chi connectivity index (χ1v) is 9.44. The highest BCUT2D eigenvalue weighted by Gasteiger charge is 2.22. The van der Waals surface area contributed by atoms with Crippen molar-refractivity contribution in [3.05, 3.63) is 66.0 Å². The number of aromatic nitrogens is 3. The number of aryl methyl sites for hydroxylation is 2. The van der Waals surface area contributed by atoms with Gasteiger partial charge < -0.3 is 0 Å².